The van der Waals surface area contributed by atoms with Gasteiger partial charge in [-0.2, -0.15) is 5.10 Å². The predicted octanol–water partition coefficient (Wildman–Crippen LogP) is 3.22. The highest BCUT2D eigenvalue weighted by Crippen LogP contribution is 2.24. The molecular formula is C17H18ClN3O2. The number of halogens is 1. The SMILES string of the molecule is COc1ccc(/C=N\NC(=O)CNc2cccc(C)c2)cc1Cl. The number of hydrogen-bond donors (Lipinski definition) is 2. The van der Waals surface area contributed by atoms with Crippen LogP contribution in [0.2, 0.25) is 5.02 Å². The molecule has 0 aliphatic rings. The second-order valence-electron chi connectivity index (χ2n) is 4.91. The van der Waals surface area contributed by atoms with Crippen molar-refractivity contribution in [2.24, 2.45) is 5.10 Å². The van der Waals surface area contributed by atoms with Gasteiger partial charge in [-0.15, -0.1) is 0 Å². The third-order valence-corrected chi connectivity index (χ3v) is 3.35. The number of carbonyl (C=O) groups excluding carboxylic acids is 1. The van der Waals surface area contributed by atoms with Crippen molar-refractivity contribution in [2.75, 3.05) is 19.0 Å². The molecule has 0 aromatic heterocycles. The monoisotopic (exact) mass is 331 g/mol. The lowest BCUT2D eigenvalue weighted by Gasteiger charge is -2.06. The van der Waals surface area contributed by atoms with Gasteiger partial charge < -0.3 is 10.1 Å². The maximum atomic E-state index is 11.7. The number of aryl methyl sites for hydroxylation is 1. The molecule has 0 fully saturated rings. The molecule has 0 bridgehead atoms. The van der Waals surface area contributed by atoms with E-state index in [1.807, 2.05) is 31.2 Å². The first-order valence-electron chi connectivity index (χ1n) is 7.04. The topological polar surface area (TPSA) is 62.7 Å². The van der Waals surface area contributed by atoms with Gasteiger partial charge in [0.15, 0.2) is 0 Å². The van der Waals surface area contributed by atoms with Gasteiger partial charge in [-0.25, -0.2) is 5.43 Å². The smallest absolute Gasteiger partial charge is 0.259 e. The Balaban J connectivity index is 1.83. The largest absolute Gasteiger partial charge is 0.495 e. The summed E-state index contributed by atoms with van der Waals surface area (Å²) in [5, 5.41) is 7.43. The number of rotatable bonds is 6. The Kier molecular flexibility index (Phi) is 6.00. The van der Waals surface area contributed by atoms with E-state index in [0.717, 1.165) is 16.8 Å². The number of amides is 1. The van der Waals surface area contributed by atoms with Crippen molar-refractivity contribution in [3.05, 3.63) is 58.6 Å². The van der Waals surface area contributed by atoms with Gasteiger partial charge in [0.05, 0.1) is 24.9 Å². The average molecular weight is 332 g/mol. The lowest BCUT2D eigenvalue weighted by Crippen LogP contribution is -2.25. The van der Waals surface area contributed by atoms with Crippen molar-refractivity contribution in [3.63, 3.8) is 0 Å². The molecule has 0 radical (unpaired) electrons. The Morgan fingerprint density at radius 2 is 2.13 bits per heavy atom. The van der Waals surface area contributed by atoms with E-state index in [1.165, 1.54) is 6.21 Å². The number of hydrogen-bond acceptors (Lipinski definition) is 4. The number of ether oxygens (including phenoxy) is 1. The molecule has 0 heterocycles. The predicted molar refractivity (Wildman–Crippen MR) is 93.4 cm³/mol. The van der Waals surface area contributed by atoms with Crippen LogP contribution in [0.25, 0.3) is 0 Å². The minimum Gasteiger partial charge on any atom is -0.495 e. The second kappa shape index (κ2) is 8.19. The molecule has 2 rings (SSSR count). The van der Waals surface area contributed by atoms with Gasteiger partial charge in [0.1, 0.15) is 5.75 Å². The minimum absolute atomic E-state index is 0.143. The molecule has 23 heavy (non-hydrogen) atoms. The van der Waals surface area contributed by atoms with Crippen LogP contribution in [0.5, 0.6) is 5.75 Å². The van der Waals surface area contributed by atoms with Crippen LogP contribution < -0.4 is 15.5 Å². The van der Waals surface area contributed by atoms with Crippen molar-refractivity contribution in [3.8, 4) is 5.75 Å². The lowest BCUT2D eigenvalue weighted by atomic mass is 10.2. The van der Waals surface area contributed by atoms with Crippen LogP contribution in [0, 0.1) is 6.92 Å². The zero-order valence-electron chi connectivity index (χ0n) is 13.0. The third-order valence-electron chi connectivity index (χ3n) is 3.05. The van der Waals surface area contributed by atoms with E-state index in [4.69, 9.17) is 16.3 Å². The summed E-state index contributed by atoms with van der Waals surface area (Å²) < 4.78 is 5.07. The van der Waals surface area contributed by atoms with E-state index in [0.29, 0.717) is 10.8 Å². The lowest BCUT2D eigenvalue weighted by molar-refractivity contribution is -0.119. The molecule has 0 saturated heterocycles. The highest BCUT2D eigenvalue weighted by atomic mass is 35.5. The number of carbonyl (C=O) groups is 1. The third kappa shape index (κ3) is 5.30. The number of hydrazone groups is 1. The molecule has 120 valence electrons. The Morgan fingerprint density at radius 1 is 1.30 bits per heavy atom. The molecule has 2 aromatic rings. The summed E-state index contributed by atoms with van der Waals surface area (Å²) in [6, 6.07) is 13.0. The van der Waals surface area contributed by atoms with Crippen molar-refractivity contribution in [2.45, 2.75) is 6.92 Å². The van der Waals surface area contributed by atoms with Crippen molar-refractivity contribution in [1.82, 2.24) is 5.43 Å². The van der Waals surface area contributed by atoms with Crippen LogP contribution in [0.4, 0.5) is 5.69 Å². The maximum Gasteiger partial charge on any atom is 0.259 e. The van der Waals surface area contributed by atoms with Crippen molar-refractivity contribution < 1.29 is 9.53 Å². The summed E-state index contributed by atoms with van der Waals surface area (Å²) in [5.41, 5.74) is 5.25. The Labute approximate surface area is 140 Å². The van der Waals surface area contributed by atoms with Crippen LogP contribution >= 0.6 is 11.6 Å². The van der Waals surface area contributed by atoms with Crippen LogP contribution in [0.1, 0.15) is 11.1 Å². The molecule has 2 aromatic carbocycles. The second-order valence-corrected chi connectivity index (χ2v) is 5.32. The van der Waals surface area contributed by atoms with Crippen LogP contribution in [0.3, 0.4) is 0 Å². The van der Waals surface area contributed by atoms with E-state index >= 15 is 0 Å². The molecule has 6 heteroatoms. The molecule has 0 unspecified atom stereocenters. The fourth-order valence-electron chi connectivity index (χ4n) is 1.92. The molecular weight excluding hydrogens is 314 g/mol. The van der Waals surface area contributed by atoms with E-state index in [2.05, 4.69) is 15.8 Å². The number of methoxy groups -OCH3 is 1. The van der Waals surface area contributed by atoms with Gasteiger partial charge in [0.25, 0.3) is 5.91 Å². The van der Waals surface area contributed by atoms with Gasteiger partial charge >= 0.3 is 0 Å². The maximum absolute atomic E-state index is 11.7. The molecule has 1 amide bonds. The normalized spacial score (nSPS) is 10.6. The summed E-state index contributed by atoms with van der Waals surface area (Å²) >= 11 is 6.02. The summed E-state index contributed by atoms with van der Waals surface area (Å²) in [5.74, 6) is 0.359. The summed E-state index contributed by atoms with van der Waals surface area (Å²) in [4.78, 5) is 11.7. The molecule has 0 spiro atoms. The van der Waals surface area contributed by atoms with Gasteiger partial charge in [-0.05, 0) is 48.4 Å². The molecule has 0 aliphatic carbocycles. The number of benzene rings is 2. The minimum atomic E-state index is -0.234. The zero-order chi connectivity index (χ0) is 16.7. The Bertz CT molecular complexity index is 717. The van der Waals surface area contributed by atoms with Gasteiger partial charge in [-0.3, -0.25) is 4.79 Å². The average Bonchev–Trinajstić information content (AvgIpc) is 2.53. The summed E-state index contributed by atoms with van der Waals surface area (Å²) in [6.45, 7) is 2.14. The Hall–Kier alpha value is -2.53. The van der Waals surface area contributed by atoms with E-state index in [1.54, 1.807) is 25.3 Å². The molecule has 0 aliphatic heterocycles. The standard InChI is InChI=1S/C17H18ClN3O2/c1-12-4-3-5-14(8-12)19-11-17(22)21-20-10-13-6-7-16(23-2)15(18)9-13/h3-10,19H,11H2,1-2H3,(H,21,22)/b20-10-. The van der Waals surface area contributed by atoms with E-state index < -0.39 is 0 Å². The zero-order valence-corrected chi connectivity index (χ0v) is 13.7. The first-order valence-corrected chi connectivity index (χ1v) is 7.42. The van der Waals surface area contributed by atoms with E-state index in [-0.39, 0.29) is 12.5 Å². The fraction of sp³-hybridized carbons (Fsp3) is 0.176. The highest BCUT2D eigenvalue weighted by Gasteiger charge is 2.01. The van der Waals surface area contributed by atoms with Crippen LogP contribution in [0.15, 0.2) is 47.6 Å². The van der Waals surface area contributed by atoms with Crippen molar-refractivity contribution >= 4 is 29.4 Å². The van der Waals surface area contributed by atoms with Gasteiger partial charge in [-0.1, -0.05) is 23.7 Å². The number of nitrogens with zero attached hydrogens (tertiary/aromatic N) is 1. The molecule has 0 saturated carbocycles. The molecule has 2 N–H and O–H groups in total. The highest BCUT2D eigenvalue weighted by molar-refractivity contribution is 6.32. The summed E-state index contributed by atoms with van der Waals surface area (Å²) in [6.07, 6.45) is 1.52. The molecule has 0 atom stereocenters. The fourth-order valence-corrected chi connectivity index (χ4v) is 2.18. The first kappa shape index (κ1) is 16.8. The van der Waals surface area contributed by atoms with Crippen LogP contribution in [-0.2, 0) is 4.79 Å². The number of nitrogens with one attached hydrogen (secondary N) is 2. The van der Waals surface area contributed by atoms with Gasteiger partial charge in [0.2, 0.25) is 0 Å². The molecule has 5 nitrogen and oxygen atoms in total. The Morgan fingerprint density at radius 3 is 2.83 bits per heavy atom. The summed E-state index contributed by atoms with van der Waals surface area (Å²) in [7, 11) is 1.55. The van der Waals surface area contributed by atoms with Crippen molar-refractivity contribution in [1.29, 1.82) is 0 Å². The van der Waals surface area contributed by atoms with E-state index in [9.17, 15) is 4.79 Å². The van der Waals surface area contributed by atoms with Crippen LogP contribution in [-0.4, -0.2) is 25.8 Å². The van der Waals surface area contributed by atoms with Gasteiger partial charge in [0, 0.05) is 5.69 Å². The number of anilines is 1. The quantitative estimate of drug-likeness (QED) is 0.631. The first-order chi connectivity index (χ1) is 11.1.